The number of ether oxygens (including phenoxy) is 3. The second kappa shape index (κ2) is 17.3. The number of carbonyl (C=O) groups excluding carboxylic acids is 2. The SMILES string of the molecule is CC(C)C#CCNC(=O)COCCOC(COc1cccc(C(=O)NCCC(C)C)c1)N=[N+]=[N-]. The first kappa shape index (κ1) is 28.8. The Morgan fingerprint density at radius 1 is 1.18 bits per heavy atom. The summed E-state index contributed by atoms with van der Waals surface area (Å²) in [7, 11) is 0. The zero-order valence-electron chi connectivity index (χ0n) is 20.4. The standard InChI is InChI=1S/C24H35N5O5/c1-18(2)7-6-11-26-22(30)16-32-13-14-33-23(28-29-25)17-34-21-9-5-8-20(15-21)24(31)27-12-10-19(3)4/h5,8-9,15,18-19,23H,10-14,16-17H2,1-4H3,(H,26,30)(H,27,31). The van der Waals surface area contributed by atoms with Crippen LogP contribution in [0.3, 0.4) is 0 Å². The maximum absolute atomic E-state index is 12.3. The molecule has 0 bridgehead atoms. The van der Waals surface area contributed by atoms with Gasteiger partial charge in [0.15, 0.2) is 6.23 Å². The molecule has 2 amide bonds. The van der Waals surface area contributed by atoms with Gasteiger partial charge >= 0.3 is 0 Å². The zero-order chi connectivity index (χ0) is 25.2. The fourth-order valence-electron chi connectivity index (χ4n) is 2.50. The normalized spacial score (nSPS) is 11.2. The highest BCUT2D eigenvalue weighted by Crippen LogP contribution is 2.14. The van der Waals surface area contributed by atoms with Crippen molar-refractivity contribution < 1.29 is 23.8 Å². The molecule has 1 unspecified atom stereocenters. The minimum absolute atomic E-state index is 0.0442. The summed E-state index contributed by atoms with van der Waals surface area (Å²) in [5.41, 5.74) is 9.24. The van der Waals surface area contributed by atoms with Crippen molar-refractivity contribution in [1.29, 1.82) is 0 Å². The highest BCUT2D eigenvalue weighted by molar-refractivity contribution is 5.94. The third-order valence-corrected chi connectivity index (χ3v) is 4.21. The van der Waals surface area contributed by atoms with Gasteiger partial charge in [-0.2, -0.15) is 0 Å². The van der Waals surface area contributed by atoms with E-state index in [1.165, 1.54) is 0 Å². The smallest absolute Gasteiger partial charge is 0.251 e. The first-order chi connectivity index (χ1) is 16.3. The lowest BCUT2D eigenvalue weighted by molar-refractivity contribution is -0.126. The molecule has 0 heterocycles. The number of azide groups is 1. The number of rotatable bonds is 15. The van der Waals surface area contributed by atoms with E-state index in [0.717, 1.165) is 6.42 Å². The molecule has 186 valence electrons. The molecule has 2 N–H and O–H groups in total. The average Bonchev–Trinajstić information content (AvgIpc) is 2.79. The fraction of sp³-hybridized carbons (Fsp3) is 0.583. The molecule has 0 aliphatic heterocycles. The molecule has 0 saturated carbocycles. The Hall–Kier alpha value is -3.25. The minimum atomic E-state index is -0.891. The van der Waals surface area contributed by atoms with Crippen LogP contribution in [0.1, 0.15) is 44.5 Å². The summed E-state index contributed by atoms with van der Waals surface area (Å²) in [5, 5.41) is 9.06. The third kappa shape index (κ3) is 14.0. The Balaban J connectivity index is 2.36. The van der Waals surface area contributed by atoms with Crippen molar-refractivity contribution in [2.24, 2.45) is 17.0 Å². The van der Waals surface area contributed by atoms with Crippen molar-refractivity contribution in [3.8, 4) is 17.6 Å². The summed E-state index contributed by atoms with van der Waals surface area (Å²) in [4.78, 5) is 26.7. The van der Waals surface area contributed by atoms with Crippen molar-refractivity contribution in [3.05, 3.63) is 40.3 Å². The molecule has 0 aliphatic rings. The molecule has 0 saturated heterocycles. The van der Waals surface area contributed by atoms with Gasteiger partial charge in [-0.1, -0.05) is 50.7 Å². The molecule has 0 fully saturated rings. The third-order valence-electron chi connectivity index (χ3n) is 4.21. The fourth-order valence-corrected chi connectivity index (χ4v) is 2.50. The van der Waals surface area contributed by atoms with Gasteiger partial charge in [-0.15, -0.1) is 0 Å². The Kier molecular flexibility index (Phi) is 14.6. The van der Waals surface area contributed by atoms with Crippen LogP contribution in [0.4, 0.5) is 0 Å². The summed E-state index contributed by atoms with van der Waals surface area (Å²) < 4.78 is 16.3. The van der Waals surface area contributed by atoms with Crippen LogP contribution in [0.15, 0.2) is 29.4 Å². The van der Waals surface area contributed by atoms with Gasteiger partial charge in [-0.05, 0) is 36.1 Å². The van der Waals surface area contributed by atoms with Gasteiger partial charge in [0.05, 0.1) is 19.8 Å². The van der Waals surface area contributed by atoms with Gasteiger partial charge in [0, 0.05) is 22.9 Å². The molecule has 0 radical (unpaired) electrons. The number of nitrogens with zero attached hydrogens (tertiary/aromatic N) is 3. The highest BCUT2D eigenvalue weighted by Gasteiger charge is 2.11. The van der Waals surface area contributed by atoms with Crippen LogP contribution >= 0.6 is 0 Å². The predicted octanol–water partition coefficient (Wildman–Crippen LogP) is 3.29. The van der Waals surface area contributed by atoms with E-state index in [-0.39, 0.29) is 50.7 Å². The average molecular weight is 474 g/mol. The molecule has 0 aromatic heterocycles. The van der Waals surface area contributed by atoms with Gasteiger partial charge in [-0.3, -0.25) is 9.59 Å². The van der Waals surface area contributed by atoms with Crippen LogP contribution in [0, 0.1) is 23.7 Å². The van der Waals surface area contributed by atoms with E-state index in [2.05, 4.69) is 46.3 Å². The van der Waals surface area contributed by atoms with Crippen molar-refractivity contribution in [2.75, 3.05) is 39.5 Å². The van der Waals surface area contributed by atoms with Gasteiger partial charge in [0.2, 0.25) is 5.91 Å². The molecule has 10 nitrogen and oxygen atoms in total. The monoisotopic (exact) mass is 473 g/mol. The van der Waals surface area contributed by atoms with Gasteiger partial charge in [-0.25, -0.2) is 0 Å². The molecule has 34 heavy (non-hydrogen) atoms. The van der Waals surface area contributed by atoms with Crippen molar-refractivity contribution in [2.45, 2.75) is 40.3 Å². The Labute approximate surface area is 201 Å². The zero-order valence-corrected chi connectivity index (χ0v) is 20.4. The Morgan fingerprint density at radius 3 is 2.68 bits per heavy atom. The van der Waals surface area contributed by atoms with Gasteiger partial charge in [0.1, 0.15) is 19.0 Å². The first-order valence-corrected chi connectivity index (χ1v) is 11.3. The van der Waals surface area contributed by atoms with E-state index in [1.807, 2.05) is 13.8 Å². The molecule has 10 heteroatoms. The van der Waals surface area contributed by atoms with E-state index in [4.69, 9.17) is 19.7 Å². The number of amides is 2. The van der Waals surface area contributed by atoms with Crippen molar-refractivity contribution >= 4 is 11.8 Å². The quantitative estimate of drug-likeness (QED) is 0.132. The molecular weight excluding hydrogens is 438 g/mol. The molecule has 1 atom stereocenters. The number of hydrogen-bond acceptors (Lipinski definition) is 6. The Bertz CT molecular complexity index is 872. The summed E-state index contributed by atoms with van der Waals surface area (Å²) in [6.07, 6.45) is 0.00588. The predicted molar refractivity (Wildman–Crippen MR) is 129 cm³/mol. The second-order valence-electron chi connectivity index (χ2n) is 8.11. The summed E-state index contributed by atoms with van der Waals surface area (Å²) in [6, 6.07) is 6.73. The van der Waals surface area contributed by atoms with Crippen LogP contribution < -0.4 is 15.4 Å². The topological polar surface area (TPSA) is 135 Å². The van der Waals surface area contributed by atoms with E-state index in [1.54, 1.807) is 24.3 Å². The number of nitrogens with one attached hydrogen (secondary N) is 2. The Morgan fingerprint density at radius 2 is 1.97 bits per heavy atom. The summed E-state index contributed by atoms with van der Waals surface area (Å²) >= 11 is 0. The molecule has 0 spiro atoms. The maximum atomic E-state index is 12.3. The molecule has 1 rings (SSSR count). The van der Waals surface area contributed by atoms with E-state index in [9.17, 15) is 9.59 Å². The lowest BCUT2D eigenvalue weighted by Crippen LogP contribution is -2.29. The van der Waals surface area contributed by atoms with E-state index >= 15 is 0 Å². The molecule has 1 aromatic carbocycles. The molecule has 1 aromatic rings. The van der Waals surface area contributed by atoms with Crippen LogP contribution in [0.5, 0.6) is 5.75 Å². The minimum Gasteiger partial charge on any atom is -0.491 e. The lowest BCUT2D eigenvalue weighted by atomic mass is 10.1. The van der Waals surface area contributed by atoms with Crippen molar-refractivity contribution in [3.63, 3.8) is 0 Å². The summed E-state index contributed by atoms with van der Waals surface area (Å²) in [5.74, 6) is 6.55. The van der Waals surface area contributed by atoms with Gasteiger partial charge in [0.25, 0.3) is 5.91 Å². The van der Waals surface area contributed by atoms with E-state index in [0.29, 0.717) is 23.8 Å². The summed E-state index contributed by atoms with van der Waals surface area (Å²) in [6.45, 7) is 9.07. The number of carbonyl (C=O) groups is 2. The number of benzene rings is 1. The van der Waals surface area contributed by atoms with Crippen LogP contribution in [0.25, 0.3) is 10.4 Å². The largest absolute Gasteiger partial charge is 0.491 e. The van der Waals surface area contributed by atoms with Crippen molar-refractivity contribution in [1.82, 2.24) is 10.6 Å². The molecule has 0 aliphatic carbocycles. The molecular formula is C24H35N5O5. The van der Waals surface area contributed by atoms with Crippen LogP contribution in [0.2, 0.25) is 0 Å². The number of hydrogen-bond donors (Lipinski definition) is 2. The lowest BCUT2D eigenvalue weighted by Gasteiger charge is -2.14. The van der Waals surface area contributed by atoms with Crippen LogP contribution in [-0.2, 0) is 14.3 Å². The van der Waals surface area contributed by atoms with Crippen LogP contribution in [-0.4, -0.2) is 57.6 Å². The van der Waals surface area contributed by atoms with E-state index < -0.39 is 6.23 Å². The second-order valence-corrected chi connectivity index (χ2v) is 8.11. The van der Waals surface area contributed by atoms with Gasteiger partial charge < -0.3 is 24.8 Å². The maximum Gasteiger partial charge on any atom is 0.251 e. The highest BCUT2D eigenvalue weighted by atomic mass is 16.6. The first-order valence-electron chi connectivity index (χ1n) is 11.3.